The van der Waals surface area contributed by atoms with Crippen molar-refractivity contribution in [2.75, 3.05) is 36.3 Å². The van der Waals surface area contributed by atoms with Crippen LogP contribution in [-0.4, -0.2) is 59.4 Å². The Morgan fingerprint density at radius 3 is 1.44 bits per heavy atom. The number of anilines is 2. The lowest BCUT2D eigenvalue weighted by atomic mass is 10.2. The molecular weight excluding hydrogens is 536 g/mol. The van der Waals surface area contributed by atoms with Crippen LogP contribution in [0.15, 0.2) is 140 Å². The molecule has 0 radical (unpaired) electrons. The van der Waals surface area contributed by atoms with Gasteiger partial charge in [0, 0.05) is 11.1 Å². The summed E-state index contributed by atoms with van der Waals surface area (Å²) in [5, 5.41) is 12.9. The third kappa shape index (κ3) is 6.38. The van der Waals surface area contributed by atoms with E-state index in [1.54, 1.807) is 61.0 Å². The molecular formula is C32H30N4O4S. The largest absolute Gasteiger partial charge is 0.371 e. The highest BCUT2D eigenvalue weighted by Crippen LogP contribution is 2.28. The van der Waals surface area contributed by atoms with Crippen LogP contribution in [-0.2, 0) is 19.3 Å². The summed E-state index contributed by atoms with van der Waals surface area (Å²) in [6.07, 6.45) is 15.4. The summed E-state index contributed by atoms with van der Waals surface area (Å²) < 4.78 is 37.7. The summed E-state index contributed by atoms with van der Waals surface area (Å²) in [5.41, 5.74) is 5.20. The van der Waals surface area contributed by atoms with Crippen molar-refractivity contribution >= 4 is 33.6 Å². The van der Waals surface area contributed by atoms with Gasteiger partial charge in [-0.2, -0.15) is 10.2 Å². The maximum Gasteiger partial charge on any atom is 0.206 e. The molecule has 2 aliphatic carbocycles. The second kappa shape index (κ2) is 11.3. The predicted molar refractivity (Wildman–Crippen MR) is 162 cm³/mol. The van der Waals surface area contributed by atoms with E-state index in [1.807, 2.05) is 46.5 Å². The van der Waals surface area contributed by atoms with Gasteiger partial charge in [0.2, 0.25) is 9.84 Å². The Morgan fingerprint density at radius 2 is 1.12 bits per heavy atom. The minimum absolute atomic E-state index is 0.105. The van der Waals surface area contributed by atoms with Crippen molar-refractivity contribution in [2.24, 2.45) is 10.2 Å². The number of nitrogens with zero attached hydrogens (tertiary/aromatic N) is 4. The summed E-state index contributed by atoms with van der Waals surface area (Å²) in [5.74, 6) is 0. The molecule has 2 heterocycles. The van der Waals surface area contributed by atoms with E-state index in [0.29, 0.717) is 26.3 Å². The lowest BCUT2D eigenvalue weighted by Gasteiger charge is -2.19. The third-order valence-corrected chi connectivity index (χ3v) is 8.79. The number of epoxide rings is 2. The van der Waals surface area contributed by atoms with Gasteiger partial charge in [0.25, 0.3) is 0 Å². The number of sulfone groups is 1. The molecule has 2 unspecified atom stereocenters. The van der Waals surface area contributed by atoms with Gasteiger partial charge in [-0.1, -0.05) is 49.6 Å². The summed E-state index contributed by atoms with van der Waals surface area (Å²) in [4.78, 5) is 0.411. The lowest BCUT2D eigenvalue weighted by Crippen LogP contribution is -2.22. The molecule has 0 spiro atoms. The molecule has 4 aliphatic rings. The Morgan fingerprint density at radius 1 is 0.732 bits per heavy atom. The Balaban J connectivity index is 1.18. The first-order valence-corrected chi connectivity index (χ1v) is 14.8. The van der Waals surface area contributed by atoms with E-state index < -0.39 is 9.84 Å². The van der Waals surface area contributed by atoms with Crippen molar-refractivity contribution in [3.8, 4) is 0 Å². The Kier molecular flexibility index (Phi) is 7.40. The van der Waals surface area contributed by atoms with Crippen molar-refractivity contribution < 1.29 is 17.9 Å². The molecule has 2 saturated heterocycles. The van der Waals surface area contributed by atoms with E-state index in [2.05, 4.69) is 23.4 Å². The lowest BCUT2D eigenvalue weighted by molar-refractivity contribution is 0.408. The average Bonchev–Trinajstić information content (AvgIpc) is 3.90. The van der Waals surface area contributed by atoms with Crippen LogP contribution in [0.1, 0.15) is 0 Å². The summed E-state index contributed by atoms with van der Waals surface area (Å²) in [6, 6.07) is 13.5. The van der Waals surface area contributed by atoms with Crippen LogP contribution in [0.4, 0.5) is 11.4 Å². The van der Waals surface area contributed by atoms with Gasteiger partial charge >= 0.3 is 0 Å². The SMILES string of the molecule is C=C1C=CC=C1/C=N/N(CC1CO1)c1ccc(S(=O)(=O)c2ccc(N(CC3CO3)/N=C/C3=CC=CC3=C)cc2)cc1. The maximum atomic E-state index is 13.5. The Labute approximate surface area is 240 Å². The molecule has 2 aliphatic heterocycles. The standard InChI is InChI=1S/C32H30N4O4S/c1-23-5-3-7-25(23)17-33-35(19-29-21-39-29)27-9-13-31(14-10-27)41(37,38)32-15-11-28(12-16-32)36(20-30-22-40-30)34-18-26-8-4-6-24(26)2/h3-18,29-30H,1-2,19-22H2/b33-17+,34-18+. The third-order valence-electron chi connectivity index (χ3n) is 7.01. The number of hydrazone groups is 2. The van der Waals surface area contributed by atoms with Gasteiger partial charge in [0.15, 0.2) is 0 Å². The fraction of sp³-hybridized carbons (Fsp3) is 0.188. The molecule has 0 aromatic heterocycles. The fourth-order valence-electron chi connectivity index (χ4n) is 4.36. The van der Waals surface area contributed by atoms with Crippen LogP contribution in [0, 0.1) is 0 Å². The van der Waals surface area contributed by atoms with Gasteiger partial charge in [-0.15, -0.1) is 0 Å². The molecule has 208 valence electrons. The van der Waals surface area contributed by atoms with E-state index >= 15 is 0 Å². The predicted octanol–water partition coefficient (Wildman–Crippen LogP) is 5.01. The molecule has 8 nitrogen and oxygen atoms in total. The highest BCUT2D eigenvalue weighted by Gasteiger charge is 2.27. The van der Waals surface area contributed by atoms with Crippen molar-refractivity contribution in [1.82, 2.24) is 0 Å². The summed E-state index contributed by atoms with van der Waals surface area (Å²) in [7, 11) is -3.73. The molecule has 0 bridgehead atoms. The first-order valence-electron chi connectivity index (χ1n) is 13.3. The minimum Gasteiger partial charge on any atom is -0.371 e. The van der Waals surface area contributed by atoms with Gasteiger partial charge in [-0.3, -0.25) is 10.0 Å². The van der Waals surface area contributed by atoms with Crippen molar-refractivity contribution in [2.45, 2.75) is 22.0 Å². The molecule has 9 heteroatoms. The van der Waals surface area contributed by atoms with Gasteiger partial charge < -0.3 is 9.47 Å². The van der Waals surface area contributed by atoms with Crippen LogP contribution in [0.3, 0.4) is 0 Å². The molecule has 0 amide bonds. The zero-order chi connectivity index (χ0) is 28.4. The maximum absolute atomic E-state index is 13.5. The average molecular weight is 567 g/mol. The molecule has 0 saturated carbocycles. The zero-order valence-electron chi connectivity index (χ0n) is 22.5. The topological polar surface area (TPSA) is 90.4 Å². The van der Waals surface area contributed by atoms with Gasteiger partial charge in [-0.05, 0) is 59.7 Å². The van der Waals surface area contributed by atoms with E-state index in [-0.39, 0.29) is 22.0 Å². The monoisotopic (exact) mass is 566 g/mol. The van der Waals surface area contributed by atoms with Crippen LogP contribution in [0.2, 0.25) is 0 Å². The fourth-order valence-corrected chi connectivity index (χ4v) is 5.62. The minimum atomic E-state index is -3.73. The first-order chi connectivity index (χ1) is 19.9. The van der Waals surface area contributed by atoms with Crippen LogP contribution < -0.4 is 10.0 Å². The second-order valence-corrected chi connectivity index (χ2v) is 12.0. The van der Waals surface area contributed by atoms with Gasteiger partial charge in [-0.25, -0.2) is 8.42 Å². The van der Waals surface area contributed by atoms with E-state index in [1.165, 1.54) is 0 Å². The number of rotatable bonds is 12. The number of hydrogen-bond donors (Lipinski definition) is 0. The zero-order valence-corrected chi connectivity index (χ0v) is 23.3. The van der Waals surface area contributed by atoms with Crippen molar-refractivity contribution in [3.05, 3.63) is 120 Å². The van der Waals surface area contributed by atoms with E-state index in [9.17, 15) is 8.42 Å². The quantitative estimate of drug-likeness (QED) is 0.204. The summed E-state index contributed by atoms with van der Waals surface area (Å²) >= 11 is 0. The molecule has 2 aromatic rings. The van der Waals surface area contributed by atoms with Gasteiger partial charge in [0.1, 0.15) is 12.2 Å². The van der Waals surface area contributed by atoms with Crippen LogP contribution >= 0.6 is 0 Å². The molecule has 41 heavy (non-hydrogen) atoms. The number of hydrogen-bond acceptors (Lipinski definition) is 8. The molecule has 6 rings (SSSR count). The first kappa shape index (κ1) is 26.9. The molecule has 2 aromatic carbocycles. The summed E-state index contributed by atoms with van der Waals surface area (Å²) in [6.45, 7) is 10.5. The van der Waals surface area contributed by atoms with E-state index in [4.69, 9.17) is 9.47 Å². The normalized spacial score (nSPS) is 21.2. The van der Waals surface area contributed by atoms with Gasteiger partial charge in [0.05, 0.1) is 59.9 Å². The number of ether oxygens (including phenoxy) is 2. The number of benzene rings is 2. The van der Waals surface area contributed by atoms with Crippen LogP contribution in [0.25, 0.3) is 0 Å². The van der Waals surface area contributed by atoms with Crippen molar-refractivity contribution in [3.63, 3.8) is 0 Å². The Hall–Kier alpha value is -4.31. The number of allylic oxidation sites excluding steroid dienone is 10. The van der Waals surface area contributed by atoms with E-state index in [0.717, 1.165) is 33.7 Å². The molecule has 2 atom stereocenters. The molecule has 0 N–H and O–H groups in total. The second-order valence-electron chi connectivity index (χ2n) is 10.1. The molecule has 2 fully saturated rings. The van der Waals surface area contributed by atoms with Crippen LogP contribution in [0.5, 0.6) is 0 Å². The van der Waals surface area contributed by atoms with Crippen molar-refractivity contribution in [1.29, 1.82) is 0 Å². The highest BCUT2D eigenvalue weighted by molar-refractivity contribution is 7.91. The highest BCUT2D eigenvalue weighted by atomic mass is 32.2. The smallest absolute Gasteiger partial charge is 0.206 e. The Bertz CT molecular complexity index is 1520.